The Balaban J connectivity index is 1.33. The third-order valence-electron chi connectivity index (χ3n) is 8.62. The van der Waals surface area contributed by atoms with Crippen LogP contribution in [0.15, 0.2) is 54.7 Å². The Bertz CT molecular complexity index is 1450. The van der Waals surface area contributed by atoms with Crippen molar-refractivity contribution in [2.24, 2.45) is 11.8 Å². The van der Waals surface area contributed by atoms with Crippen LogP contribution in [0.4, 0.5) is 0 Å². The average Bonchev–Trinajstić information content (AvgIpc) is 3.49. The molecule has 2 aromatic heterocycles. The first-order chi connectivity index (χ1) is 21.4. The summed E-state index contributed by atoms with van der Waals surface area (Å²) in [5.41, 5.74) is 1.65. The number of aromatic nitrogens is 2. The summed E-state index contributed by atoms with van der Waals surface area (Å²) >= 11 is 0. The zero-order chi connectivity index (χ0) is 30.9. The van der Waals surface area contributed by atoms with Crippen molar-refractivity contribution in [2.75, 3.05) is 6.54 Å². The number of pyridine rings is 1. The number of carbonyl (C=O) groups excluding carboxylic acids is 5. The Morgan fingerprint density at radius 3 is 2.43 bits per heavy atom. The number of carbonyl (C=O) groups is 5. The maximum atomic E-state index is 13.9. The van der Waals surface area contributed by atoms with Gasteiger partial charge in [-0.2, -0.15) is 0 Å². The minimum atomic E-state index is -1.23. The molecule has 1 aliphatic heterocycles. The first-order valence-electron chi connectivity index (χ1n) is 15.6. The molecule has 0 bridgehead atoms. The highest BCUT2D eigenvalue weighted by Gasteiger charge is 2.35. The number of hydrogen-bond donors (Lipinski definition) is 5. The molecule has 1 saturated heterocycles. The molecule has 1 saturated carbocycles. The molecule has 0 spiro atoms. The quantitative estimate of drug-likeness (QED) is 0.201. The summed E-state index contributed by atoms with van der Waals surface area (Å²) in [5, 5.41) is 11.9. The third kappa shape index (κ3) is 8.09. The molecular formula is C33H40N6O5. The molecule has 2 fully saturated rings. The van der Waals surface area contributed by atoms with Crippen LogP contribution in [0, 0.1) is 11.8 Å². The number of piperidine rings is 1. The number of rotatable bonds is 12. The van der Waals surface area contributed by atoms with Crippen LogP contribution in [-0.4, -0.2) is 58.0 Å². The summed E-state index contributed by atoms with van der Waals surface area (Å²) in [6.07, 6.45) is 8.46. The van der Waals surface area contributed by atoms with E-state index in [1.165, 1.54) is 0 Å². The van der Waals surface area contributed by atoms with Crippen LogP contribution < -0.4 is 21.3 Å². The monoisotopic (exact) mass is 600 g/mol. The molecule has 1 aromatic carbocycles. The Morgan fingerprint density at radius 1 is 0.886 bits per heavy atom. The van der Waals surface area contributed by atoms with Crippen molar-refractivity contribution in [3.8, 4) is 0 Å². The Labute approximate surface area is 256 Å². The lowest BCUT2D eigenvalue weighted by atomic mass is 9.84. The minimum absolute atomic E-state index is 0.00700. The van der Waals surface area contributed by atoms with E-state index < -0.39 is 41.5 Å². The van der Waals surface area contributed by atoms with Gasteiger partial charge in [0.1, 0.15) is 17.4 Å². The predicted octanol–water partition coefficient (Wildman–Crippen LogP) is 2.92. The van der Waals surface area contributed by atoms with Crippen LogP contribution in [-0.2, 0) is 25.7 Å². The van der Waals surface area contributed by atoms with Crippen LogP contribution in [0.2, 0.25) is 0 Å². The van der Waals surface area contributed by atoms with Gasteiger partial charge >= 0.3 is 0 Å². The number of H-pyrrole nitrogens is 1. The van der Waals surface area contributed by atoms with Crippen LogP contribution in [0.1, 0.15) is 73.8 Å². The first kappa shape index (κ1) is 30.9. The molecule has 3 atom stereocenters. The maximum absolute atomic E-state index is 13.9. The predicted molar refractivity (Wildman–Crippen MR) is 164 cm³/mol. The molecular weight excluding hydrogens is 560 g/mol. The van der Waals surface area contributed by atoms with Crippen molar-refractivity contribution in [1.29, 1.82) is 0 Å². The van der Waals surface area contributed by atoms with E-state index in [0.29, 0.717) is 25.0 Å². The van der Waals surface area contributed by atoms with Crippen molar-refractivity contribution >= 4 is 40.4 Å². The van der Waals surface area contributed by atoms with Crippen LogP contribution in [0.3, 0.4) is 0 Å². The van der Waals surface area contributed by atoms with Gasteiger partial charge < -0.3 is 26.3 Å². The number of nitrogens with one attached hydrogen (secondary N) is 5. The van der Waals surface area contributed by atoms with E-state index >= 15 is 0 Å². The summed E-state index contributed by atoms with van der Waals surface area (Å²) in [7, 11) is 0. The summed E-state index contributed by atoms with van der Waals surface area (Å²) in [5.74, 6) is -3.17. The fourth-order valence-corrected chi connectivity index (χ4v) is 6.18. The molecule has 11 nitrogen and oxygen atoms in total. The van der Waals surface area contributed by atoms with Gasteiger partial charge in [0.25, 0.3) is 11.8 Å². The van der Waals surface area contributed by atoms with E-state index in [4.69, 9.17) is 0 Å². The van der Waals surface area contributed by atoms with Crippen LogP contribution in [0.25, 0.3) is 11.0 Å². The topological polar surface area (TPSA) is 162 Å². The lowest BCUT2D eigenvalue weighted by Gasteiger charge is -2.29. The van der Waals surface area contributed by atoms with Gasteiger partial charge in [0.15, 0.2) is 0 Å². The maximum Gasteiger partial charge on any atom is 0.289 e. The molecule has 11 heteroatoms. The molecule has 0 unspecified atom stereocenters. The fraction of sp³-hybridized carbons (Fsp3) is 0.455. The molecule has 4 amide bonds. The normalized spacial score (nSPS) is 18.5. The highest BCUT2D eigenvalue weighted by Crippen LogP contribution is 2.28. The van der Waals surface area contributed by atoms with E-state index in [1.807, 2.05) is 36.4 Å². The number of aromatic amines is 1. The van der Waals surface area contributed by atoms with Gasteiger partial charge in [0.2, 0.25) is 17.6 Å². The van der Waals surface area contributed by atoms with Crippen LogP contribution >= 0.6 is 0 Å². The highest BCUT2D eigenvalue weighted by atomic mass is 16.2. The van der Waals surface area contributed by atoms with Crippen molar-refractivity contribution in [2.45, 2.75) is 76.4 Å². The standard InChI is InChI=1S/C33H40N6O5/c40-28(33(44)36-20-22-11-5-2-6-12-22)25(19-24-14-8-16-35-30(24)41)38-31(42)26(17-21-9-3-1-4-10-21)39-32(43)27-18-23-13-7-15-34-29(23)37-27/h2,5-7,11-13,15,18,21,24-26H,1,3-4,8-10,14,16-17,19-20H2,(H,34,37)(H,35,41)(H,36,44)(H,38,42)(H,39,43)/t24-,25-,26-/m0/s1. The lowest BCUT2D eigenvalue weighted by Crippen LogP contribution is -2.55. The smallest absolute Gasteiger partial charge is 0.289 e. The van der Waals surface area contributed by atoms with Crippen molar-refractivity contribution in [3.63, 3.8) is 0 Å². The molecule has 3 aromatic rings. The first-order valence-corrected chi connectivity index (χ1v) is 15.6. The zero-order valence-corrected chi connectivity index (χ0v) is 24.8. The second-order valence-electron chi connectivity index (χ2n) is 11.8. The van der Waals surface area contributed by atoms with Crippen molar-refractivity contribution in [3.05, 3.63) is 66.0 Å². The van der Waals surface area contributed by atoms with Crippen molar-refractivity contribution < 1.29 is 24.0 Å². The number of ketones is 1. The van der Waals surface area contributed by atoms with E-state index in [9.17, 15) is 24.0 Å². The number of hydrogen-bond acceptors (Lipinski definition) is 6. The van der Waals surface area contributed by atoms with Gasteiger partial charge in [-0.15, -0.1) is 0 Å². The number of benzene rings is 1. The van der Waals surface area contributed by atoms with Crippen molar-refractivity contribution in [1.82, 2.24) is 31.2 Å². The largest absolute Gasteiger partial charge is 0.356 e. The SMILES string of the molecule is O=C(NCc1ccccc1)C(=O)[C@H](C[C@@H]1CCCNC1=O)NC(=O)[C@H](CC1CCCCC1)NC(=O)c1cc2cccnc2[nH]1. The second kappa shape index (κ2) is 14.8. The molecule has 1 aliphatic carbocycles. The van der Waals surface area contributed by atoms with E-state index in [-0.39, 0.29) is 30.5 Å². The molecule has 232 valence electrons. The molecule has 3 heterocycles. The zero-order valence-electron chi connectivity index (χ0n) is 24.8. The van der Waals surface area contributed by atoms with E-state index in [2.05, 4.69) is 31.2 Å². The van der Waals surface area contributed by atoms with Gasteiger partial charge in [-0.25, -0.2) is 4.98 Å². The summed E-state index contributed by atoms with van der Waals surface area (Å²) in [6, 6.07) is 12.3. The number of Topliss-reactive ketones (excluding diaryl/α,β-unsaturated/α-hetero) is 1. The summed E-state index contributed by atoms with van der Waals surface area (Å²) < 4.78 is 0. The molecule has 2 aliphatic rings. The highest BCUT2D eigenvalue weighted by molar-refractivity contribution is 6.38. The Hall–Kier alpha value is -4.54. The fourth-order valence-electron chi connectivity index (χ4n) is 6.18. The van der Waals surface area contributed by atoms with Gasteiger partial charge in [-0.1, -0.05) is 62.4 Å². The lowest BCUT2D eigenvalue weighted by molar-refractivity contribution is -0.141. The van der Waals surface area contributed by atoms with Gasteiger partial charge in [0, 0.05) is 30.6 Å². The Kier molecular flexibility index (Phi) is 10.4. The average molecular weight is 601 g/mol. The van der Waals surface area contributed by atoms with Gasteiger partial charge in [-0.3, -0.25) is 24.0 Å². The van der Waals surface area contributed by atoms with Crippen LogP contribution in [0.5, 0.6) is 0 Å². The second-order valence-corrected chi connectivity index (χ2v) is 11.8. The molecule has 5 rings (SSSR count). The summed E-state index contributed by atoms with van der Waals surface area (Å²) in [4.78, 5) is 73.5. The number of fused-ring (bicyclic) bond motifs is 1. The molecule has 44 heavy (non-hydrogen) atoms. The molecule has 5 N–H and O–H groups in total. The third-order valence-corrected chi connectivity index (χ3v) is 8.62. The molecule has 0 radical (unpaired) electrons. The van der Waals surface area contributed by atoms with Gasteiger partial charge in [0.05, 0.1) is 6.04 Å². The van der Waals surface area contributed by atoms with E-state index in [1.54, 1.807) is 18.3 Å². The minimum Gasteiger partial charge on any atom is -0.356 e. The summed E-state index contributed by atoms with van der Waals surface area (Å²) in [6.45, 7) is 0.701. The number of nitrogens with zero attached hydrogens (tertiary/aromatic N) is 1. The van der Waals surface area contributed by atoms with Gasteiger partial charge in [-0.05, 0) is 55.4 Å². The Morgan fingerprint density at radius 2 is 1.68 bits per heavy atom. The van der Waals surface area contributed by atoms with E-state index in [0.717, 1.165) is 49.5 Å². The number of amides is 4.